The smallest absolute Gasteiger partial charge is 0.258 e. The molecule has 2 N–H and O–H groups in total. The van der Waals surface area contributed by atoms with E-state index in [1.165, 1.54) is 23.5 Å². The largest absolute Gasteiger partial charge is 0.324 e. The molecule has 5 heteroatoms. The van der Waals surface area contributed by atoms with Crippen LogP contribution in [0.3, 0.4) is 0 Å². The van der Waals surface area contributed by atoms with Gasteiger partial charge < -0.3 is 10.6 Å². The summed E-state index contributed by atoms with van der Waals surface area (Å²) in [6, 6.07) is 13.9. The maximum atomic E-state index is 12.5. The van der Waals surface area contributed by atoms with Gasteiger partial charge in [0.2, 0.25) is 5.95 Å². The van der Waals surface area contributed by atoms with Gasteiger partial charge in [0.15, 0.2) is 0 Å². The molecule has 0 unspecified atom stereocenters. The predicted molar refractivity (Wildman–Crippen MR) is 114 cm³/mol. The van der Waals surface area contributed by atoms with Gasteiger partial charge in [0.25, 0.3) is 5.91 Å². The second-order valence-corrected chi connectivity index (χ2v) is 7.97. The Morgan fingerprint density at radius 1 is 0.929 bits per heavy atom. The van der Waals surface area contributed by atoms with Crippen molar-refractivity contribution in [2.24, 2.45) is 0 Å². The van der Waals surface area contributed by atoms with Gasteiger partial charge in [0.1, 0.15) is 0 Å². The molecule has 0 aliphatic rings. The summed E-state index contributed by atoms with van der Waals surface area (Å²) in [7, 11) is 0. The lowest BCUT2D eigenvalue weighted by atomic mass is 9.86. The Balaban J connectivity index is 1.73. The molecule has 3 rings (SSSR count). The van der Waals surface area contributed by atoms with Crippen molar-refractivity contribution in [1.29, 1.82) is 0 Å². The summed E-state index contributed by atoms with van der Waals surface area (Å²) >= 11 is 0. The first-order valence-electron chi connectivity index (χ1n) is 9.31. The molecule has 1 amide bonds. The van der Waals surface area contributed by atoms with Crippen molar-refractivity contribution >= 4 is 23.2 Å². The van der Waals surface area contributed by atoms with Crippen molar-refractivity contribution in [3.8, 4) is 0 Å². The van der Waals surface area contributed by atoms with E-state index < -0.39 is 0 Å². The molecule has 0 radical (unpaired) electrons. The molecule has 0 atom stereocenters. The number of anilines is 3. The Morgan fingerprint density at radius 2 is 1.61 bits per heavy atom. The average Bonchev–Trinajstić information content (AvgIpc) is 2.65. The Morgan fingerprint density at radius 3 is 2.25 bits per heavy atom. The molecular weight excluding hydrogens is 348 g/mol. The minimum atomic E-state index is -0.232. The molecule has 0 aliphatic carbocycles. The molecule has 28 heavy (non-hydrogen) atoms. The molecule has 1 aromatic heterocycles. The molecule has 0 saturated heterocycles. The van der Waals surface area contributed by atoms with E-state index in [0.29, 0.717) is 11.5 Å². The van der Waals surface area contributed by atoms with Gasteiger partial charge in [-0.25, -0.2) is 9.97 Å². The van der Waals surface area contributed by atoms with E-state index in [9.17, 15) is 4.79 Å². The maximum Gasteiger partial charge on any atom is 0.258 e. The summed E-state index contributed by atoms with van der Waals surface area (Å²) in [6.45, 7) is 10.5. The maximum absolute atomic E-state index is 12.5. The van der Waals surface area contributed by atoms with E-state index in [2.05, 4.69) is 47.4 Å². The molecule has 1 heterocycles. The minimum Gasteiger partial charge on any atom is -0.324 e. The standard InChI is InChI=1S/C23H26N4O/c1-15-10-11-18(12-16(15)2)26-21(28)17-13-24-22(25-14-17)27-20-9-7-6-8-19(20)23(3,4)5/h6-14H,1-5H3,(H,26,28)(H,24,25,27). The van der Waals surface area contributed by atoms with Crippen LogP contribution in [0.5, 0.6) is 0 Å². The van der Waals surface area contributed by atoms with Gasteiger partial charge in [-0.15, -0.1) is 0 Å². The van der Waals surface area contributed by atoms with Gasteiger partial charge in [-0.3, -0.25) is 4.79 Å². The third-order valence-electron chi connectivity index (χ3n) is 4.66. The number of aryl methyl sites for hydroxylation is 2. The summed E-state index contributed by atoms with van der Waals surface area (Å²) < 4.78 is 0. The number of hydrogen-bond acceptors (Lipinski definition) is 4. The van der Waals surface area contributed by atoms with E-state index in [4.69, 9.17) is 0 Å². The minimum absolute atomic E-state index is 0.00438. The van der Waals surface area contributed by atoms with E-state index in [1.807, 2.05) is 50.2 Å². The number of hydrogen-bond donors (Lipinski definition) is 2. The molecule has 0 spiro atoms. The molecule has 0 fully saturated rings. The van der Waals surface area contributed by atoms with Gasteiger partial charge in [-0.1, -0.05) is 45.0 Å². The lowest BCUT2D eigenvalue weighted by Gasteiger charge is -2.22. The van der Waals surface area contributed by atoms with Gasteiger partial charge in [-0.05, 0) is 54.2 Å². The number of aromatic nitrogens is 2. The fourth-order valence-corrected chi connectivity index (χ4v) is 2.90. The van der Waals surface area contributed by atoms with Crippen LogP contribution in [-0.4, -0.2) is 15.9 Å². The zero-order valence-corrected chi connectivity index (χ0v) is 17.0. The lowest BCUT2D eigenvalue weighted by molar-refractivity contribution is 0.102. The van der Waals surface area contributed by atoms with Crippen LogP contribution in [0.25, 0.3) is 0 Å². The van der Waals surface area contributed by atoms with Crippen molar-refractivity contribution in [3.05, 3.63) is 77.1 Å². The first-order valence-corrected chi connectivity index (χ1v) is 9.31. The third kappa shape index (κ3) is 4.55. The number of nitrogens with zero attached hydrogens (tertiary/aromatic N) is 2. The molecule has 0 bridgehead atoms. The Bertz CT molecular complexity index is 988. The molecule has 0 saturated carbocycles. The second kappa shape index (κ2) is 7.80. The van der Waals surface area contributed by atoms with Crippen molar-refractivity contribution in [1.82, 2.24) is 9.97 Å². The second-order valence-electron chi connectivity index (χ2n) is 7.97. The Hall–Kier alpha value is -3.21. The van der Waals surface area contributed by atoms with Crippen LogP contribution in [0.2, 0.25) is 0 Å². The van der Waals surface area contributed by atoms with Crippen LogP contribution in [-0.2, 0) is 5.41 Å². The quantitative estimate of drug-likeness (QED) is 0.643. The summed E-state index contributed by atoms with van der Waals surface area (Å²) in [4.78, 5) is 21.1. The van der Waals surface area contributed by atoms with Crippen molar-refractivity contribution in [3.63, 3.8) is 0 Å². The van der Waals surface area contributed by atoms with Crippen LogP contribution in [0.4, 0.5) is 17.3 Å². The summed E-state index contributed by atoms with van der Waals surface area (Å²) in [6.07, 6.45) is 3.07. The fourth-order valence-electron chi connectivity index (χ4n) is 2.90. The molecular formula is C23H26N4O. The number of carbonyl (C=O) groups excluding carboxylic acids is 1. The normalized spacial score (nSPS) is 11.2. The highest BCUT2D eigenvalue weighted by Gasteiger charge is 2.18. The number of amides is 1. The number of para-hydroxylation sites is 1. The van der Waals surface area contributed by atoms with E-state index in [0.717, 1.165) is 16.9 Å². The van der Waals surface area contributed by atoms with Gasteiger partial charge >= 0.3 is 0 Å². The van der Waals surface area contributed by atoms with Crippen molar-refractivity contribution in [2.45, 2.75) is 40.0 Å². The van der Waals surface area contributed by atoms with Gasteiger partial charge in [0.05, 0.1) is 5.56 Å². The third-order valence-corrected chi connectivity index (χ3v) is 4.66. The molecule has 0 aliphatic heterocycles. The van der Waals surface area contributed by atoms with E-state index in [1.54, 1.807) is 0 Å². The summed E-state index contributed by atoms with van der Waals surface area (Å²) in [5.41, 5.74) is 5.62. The zero-order valence-electron chi connectivity index (χ0n) is 17.0. The van der Waals surface area contributed by atoms with E-state index >= 15 is 0 Å². The SMILES string of the molecule is Cc1ccc(NC(=O)c2cnc(Nc3ccccc3C(C)(C)C)nc2)cc1C. The summed E-state index contributed by atoms with van der Waals surface area (Å²) in [5.74, 6) is 0.226. The number of carbonyl (C=O) groups is 1. The topological polar surface area (TPSA) is 66.9 Å². The van der Waals surface area contributed by atoms with Crippen LogP contribution in [0, 0.1) is 13.8 Å². The molecule has 5 nitrogen and oxygen atoms in total. The molecule has 3 aromatic rings. The van der Waals surface area contributed by atoms with Crippen molar-refractivity contribution < 1.29 is 4.79 Å². The number of rotatable bonds is 4. The summed E-state index contributed by atoms with van der Waals surface area (Å²) in [5, 5.41) is 6.14. The predicted octanol–water partition coefficient (Wildman–Crippen LogP) is 5.39. The highest BCUT2D eigenvalue weighted by Crippen LogP contribution is 2.30. The highest BCUT2D eigenvalue weighted by atomic mass is 16.1. The van der Waals surface area contributed by atoms with Crippen LogP contribution < -0.4 is 10.6 Å². The first kappa shape index (κ1) is 19.5. The van der Waals surface area contributed by atoms with Crippen molar-refractivity contribution in [2.75, 3.05) is 10.6 Å². The van der Waals surface area contributed by atoms with Crippen LogP contribution >= 0.6 is 0 Å². The average molecular weight is 374 g/mol. The fraction of sp³-hybridized carbons (Fsp3) is 0.261. The highest BCUT2D eigenvalue weighted by molar-refractivity contribution is 6.04. The van der Waals surface area contributed by atoms with E-state index in [-0.39, 0.29) is 11.3 Å². The van der Waals surface area contributed by atoms with Crippen LogP contribution in [0.1, 0.15) is 47.8 Å². The first-order chi connectivity index (χ1) is 13.2. The lowest BCUT2D eigenvalue weighted by Crippen LogP contribution is -2.15. The number of benzene rings is 2. The monoisotopic (exact) mass is 374 g/mol. The zero-order chi connectivity index (χ0) is 20.3. The number of nitrogens with one attached hydrogen (secondary N) is 2. The van der Waals surface area contributed by atoms with Gasteiger partial charge in [-0.2, -0.15) is 0 Å². The molecule has 2 aromatic carbocycles. The molecule has 144 valence electrons. The van der Waals surface area contributed by atoms with Crippen LogP contribution in [0.15, 0.2) is 54.9 Å². The van der Waals surface area contributed by atoms with Gasteiger partial charge in [0, 0.05) is 23.8 Å². The Kier molecular flexibility index (Phi) is 5.45. The Labute approximate surface area is 166 Å².